The van der Waals surface area contributed by atoms with E-state index in [9.17, 15) is 5.11 Å². The Morgan fingerprint density at radius 1 is 0.639 bits per heavy atom. The van der Waals surface area contributed by atoms with Gasteiger partial charge in [-0.25, -0.2) is 0 Å². The van der Waals surface area contributed by atoms with E-state index in [2.05, 4.69) is 107 Å². The smallest absolute Gasteiger partial charge is 1.00 e. The normalized spacial score (nSPS) is 10.3. The van der Waals surface area contributed by atoms with Crippen molar-refractivity contribution in [3.63, 3.8) is 0 Å². The molecule has 5 aromatic carbocycles. The van der Waals surface area contributed by atoms with Gasteiger partial charge in [0.05, 0.1) is 0 Å². The molecule has 0 aliphatic rings. The Bertz CT molecular complexity index is 1370. The molecule has 5 rings (SSSR count). The van der Waals surface area contributed by atoms with Crippen molar-refractivity contribution in [2.24, 2.45) is 0 Å². The Morgan fingerprint density at radius 3 is 1.75 bits per heavy atom. The second-order valence-electron chi connectivity index (χ2n) is 9.46. The average molecular weight is 552 g/mol. The van der Waals surface area contributed by atoms with E-state index in [0.29, 0.717) is 17.6 Å². The second kappa shape index (κ2) is 14.0. The number of aryl methyl sites for hydroxylation is 1. The summed E-state index contributed by atoms with van der Waals surface area (Å²) in [6, 6.07) is 32.2. The van der Waals surface area contributed by atoms with Crippen LogP contribution in [0.15, 0.2) is 91.0 Å². The molecule has 0 saturated carbocycles. The van der Waals surface area contributed by atoms with Crippen LogP contribution in [0, 0.1) is 6.92 Å². The number of rotatable bonds is 3. The molecule has 0 saturated heterocycles. The van der Waals surface area contributed by atoms with Crippen molar-refractivity contribution in [3.05, 3.63) is 108 Å². The minimum absolute atomic E-state index is 0. The molecule has 0 heterocycles. The van der Waals surface area contributed by atoms with E-state index in [4.69, 9.17) is 0 Å². The molecule has 1 nitrogen and oxygen atoms in total. The zero-order valence-corrected chi connectivity index (χ0v) is 24.6. The number of hydrogen-bond donors (Lipinski definition) is 1. The van der Waals surface area contributed by atoms with Crippen LogP contribution in [0.2, 0.25) is 0 Å². The van der Waals surface area contributed by atoms with Crippen molar-refractivity contribution < 1.29 is 51.6 Å². The quantitative estimate of drug-likeness (QED) is 0.269. The van der Waals surface area contributed by atoms with E-state index >= 15 is 0 Å². The van der Waals surface area contributed by atoms with Gasteiger partial charge in [0.25, 0.3) is 0 Å². The SMILES string of the molecule is CC(C)c1cccc(C(C)C)c1O.Cc1cc2c(-c3cccc4ccccc34)cccc2[cH-]1.[Cl-].[Cl-].[Ti+3]. The maximum atomic E-state index is 9.93. The first-order chi connectivity index (χ1) is 15.9. The predicted octanol–water partition coefficient (Wildman–Crippen LogP) is 3.33. The summed E-state index contributed by atoms with van der Waals surface area (Å²) >= 11 is 0. The molecule has 4 heteroatoms. The molecule has 0 unspecified atom stereocenters. The van der Waals surface area contributed by atoms with Crippen molar-refractivity contribution >= 4 is 21.5 Å². The van der Waals surface area contributed by atoms with Crippen LogP contribution >= 0.6 is 0 Å². The molecule has 0 atom stereocenters. The molecule has 0 bridgehead atoms. The fourth-order valence-electron chi connectivity index (χ4n) is 4.59. The summed E-state index contributed by atoms with van der Waals surface area (Å²) in [7, 11) is 0. The molecule has 5 aromatic rings. The Labute approximate surface area is 243 Å². The van der Waals surface area contributed by atoms with Gasteiger partial charge in [-0.3, -0.25) is 0 Å². The standard InChI is InChI=1S/C20H15.C12H18O.2ClH.Ti/c1-14-12-16-8-5-11-19(20(16)13-14)18-10-4-7-15-6-2-3-9-17(15)18;1-8(2)10-6-5-7-11(9(3)4)12(10)13;;;/h2-13H,1H3;5-9,13H,1-4H3;2*1H;/q-1;;;;+3/p-2. The first-order valence-electron chi connectivity index (χ1n) is 11.8. The van der Waals surface area contributed by atoms with Crippen LogP contribution in [0.5, 0.6) is 5.75 Å². The third-order valence-electron chi connectivity index (χ3n) is 6.32. The summed E-state index contributed by atoms with van der Waals surface area (Å²) in [6.45, 7) is 10.5. The van der Waals surface area contributed by atoms with Crippen molar-refractivity contribution in [3.8, 4) is 16.9 Å². The summed E-state index contributed by atoms with van der Waals surface area (Å²) in [5.41, 5.74) is 6.07. The van der Waals surface area contributed by atoms with Gasteiger partial charge in [-0.2, -0.15) is 6.07 Å². The van der Waals surface area contributed by atoms with Gasteiger partial charge in [0.15, 0.2) is 0 Å². The molecule has 0 fully saturated rings. The number of aromatic hydroxyl groups is 1. The third-order valence-corrected chi connectivity index (χ3v) is 6.32. The van der Waals surface area contributed by atoms with Crippen LogP contribution < -0.4 is 24.8 Å². The number of para-hydroxylation sites is 1. The third kappa shape index (κ3) is 6.78. The van der Waals surface area contributed by atoms with Crippen molar-refractivity contribution in [2.45, 2.75) is 46.5 Å². The minimum atomic E-state index is 0. The van der Waals surface area contributed by atoms with Gasteiger partial charge in [-0.05, 0) is 39.3 Å². The number of phenols is 1. The van der Waals surface area contributed by atoms with Gasteiger partial charge in [0.2, 0.25) is 0 Å². The topological polar surface area (TPSA) is 20.2 Å². The number of halogens is 2. The Morgan fingerprint density at radius 2 is 1.14 bits per heavy atom. The predicted molar refractivity (Wildman–Crippen MR) is 144 cm³/mol. The van der Waals surface area contributed by atoms with Gasteiger partial charge < -0.3 is 29.9 Å². The Balaban J connectivity index is 0.000000360. The fourth-order valence-corrected chi connectivity index (χ4v) is 4.59. The van der Waals surface area contributed by atoms with Crippen LogP contribution in [-0.2, 0) is 21.7 Å². The number of benzene rings is 4. The van der Waals surface area contributed by atoms with E-state index in [1.54, 1.807) is 0 Å². The molecule has 0 aliphatic heterocycles. The van der Waals surface area contributed by atoms with E-state index in [0.717, 1.165) is 11.1 Å². The van der Waals surface area contributed by atoms with Gasteiger partial charge in [0.1, 0.15) is 5.75 Å². The minimum Gasteiger partial charge on any atom is -1.00 e. The molecular formula is C32H33Cl2OTi. The first-order valence-corrected chi connectivity index (χ1v) is 11.8. The number of fused-ring (bicyclic) bond motifs is 2. The van der Waals surface area contributed by atoms with Gasteiger partial charge in [-0.1, -0.05) is 107 Å². The van der Waals surface area contributed by atoms with Crippen molar-refractivity contribution in [1.29, 1.82) is 0 Å². The van der Waals surface area contributed by atoms with Gasteiger partial charge in [0, 0.05) is 0 Å². The molecule has 36 heavy (non-hydrogen) atoms. The molecule has 0 aliphatic carbocycles. The fraction of sp³-hybridized carbons (Fsp3) is 0.219. The van der Waals surface area contributed by atoms with Gasteiger partial charge in [-0.15, -0.1) is 34.5 Å². The summed E-state index contributed by atoms with van der Waals surface area (Å²) in [5, 5.41) is 15.2. The maximum absolute atomic E-state index is 9.93. The average Bonchev–Trinajstić information content (AvgIpc) is 3.19. The van der Waals surface area contributed by atoms with Crippen molar-refractivity contribution in [2.75, 3.05) is 0 Å². The van der Waals surface area contributed by atoms with Crippen LogP contribution in [0.1, 0.15) is 56.2 Å². The maximum Gasteiger partial charge on any atom is 3.00 e. The number of hydrogen-bond acceptors (Lipinski definition) is 1. The van der Waals surface area contributed by atoms with E-state index < -0.39 is 0 Å². The molecule has 1 radical (unpaired) electrons. The Hall–Kier alpha value is -2.16. The molecule has 0 amide bonds. The van der Waals surface area contributed by atoms with Gasteiger partial charge >= 0.3 is 21.7 Å². The number of phenolic OH excluding ortho intramolecular Hbond substituents is 1. The van der Waals surface area contributed by atoms with E-state index in [1.165, 1.54) is 38.2 Å². The second-order valence-corrected chi connectivity index (χ2v) is 9.46. The summed E-state index contributed by atoms with van der Waals surface area (Å²) in [5.74, 6) is 1.25. The zero-order valence-electron chi connectivity index (χ0n) is 21.5. The van der Waals surface area contributed by atoms with E-state index in [1.807, 2.05) is 18.2 Å². The van der Waals surface area contributed by atoms with Crippen LogP contribution in [0.4, 0.5) is 0 Å². The van der Waals surface area contributed by atoms with Crippen LogP contribution in [0.25, 0.3) is 32.7 Å². The largest absolute Gasteiger partial charge is 3.00 e. The monoisotopic (exact) mass is 551 g/mol. The molecule has 185 valence electrons. The molecule has 1 N–H and O–H groups in total. The molecular weight excluding hydrogens is 519 g/mol. The Kier molecular flexibility index (Phi) is 12.4. The van der Waals surface area contributed by atoms with E-state index in [-0.39, 0.29) is 46.5 Å². The zero-order chi connectivity index (χ0) is 23.5. The molecule has 0 aromatic heterocycles. The summed E-state index contributed by atoms with van der Waals surface area (Å²) < 4.78 is 0. The first kappa shape index (κ1) is 31.9. The summed E-state index contributed by atoms with van der Waals surface area (Å²) in [4.78, 5) is 0. The molecule has 0 spiro atoms. The van der Waals surface area contributed by atoms with Crippen molar-refractivity contribution in [1.82, 2.24) is 0 Å². The van der Waals surface area contributed by atoms with Crippen LogP contribution in [-0.4, -0.2) is 5.11 Å². The van der Waals surface area contributed by atoms with Crippen LogP contribution in [0.3, 0.4) is 0 Å². The summed E-state index contributed by atoms with van der Waals surface area (Å²) in [6.07, 6.45) is 0.